The highest BCUT2D eigenvalue weighted by Crippen LogP contribution is 2.35. The smallest absolute Gasteiger partial charge is 0.399 e. The van der Waals surface area contributed by atoms with E-state index in [9.17, 15) is 13.2 Å². The molecule has 1 unspecified atom stereocenters. The molecule has 0 amide bonds. The zero-order valence-corrected chi connectivity index (χ0v) is 13.8. The highest BCUT2D eigenvalue weighted by Gasteiger charge is 2.31. The van der Waals surface area contributed by atoms with Gasteiger partial charge < -0.3 is 10.6 Å². The zero-order chi connectivity index (χ0) is 16.9. The fraction of sp³-hybridized carbons (Fsp3) is 0.667. The molecule has 0 saturated carbocycles. The minimum Gasteiger partial charge on any atom is -0.399 e. The van der Waals surface area contributed by atoms with Crippen molar-refractivity contribution in [3.8, 4) is 0 Å². The van der Waals surface area contributed by atoms with Crippen LogP contribution in [0.1, 0.15) is 62.5 Å². The second kappa shape index (κ2) is 8.04. The molecule has 1 aromatic carbocycles. The van der Waals surface area contributed by atoms with Crippen LogP contribution < -0.4 is 5.73 Å². The van der Waals surface area contributed by atoms with Gasteiger partial charge in [-0.05, 0) is 81.4 Å². The standard InChI is InChI=1S/C18H27F3N2/c1-2-14(7-6-10-23-8-4-3-5-9-23)15-11-16(18(19,20)21)13-17(22)12-15/h11-14H,2-10,22H2,1H3. The summed E-state index contributed by atoms with van der Waals surface area (Å²) in [4.78, 5) is 2.47. The highest BCUT2D eigenvalue weighted by atomic mass is 19.4. The molecular formula is C18H27F3N2. The number of hydrogen-bond acceptors (Lipinski definition) is 2. The molecule has 2 rings (SSSR count). The van der Waals surface area contributed by atoms with E-state index in [2.05, 4.69) is 4.90 Å². The van der Waals surface area contributed by atoms with Crippen LogP contribution in [0.4, 0.5) is 18.9 Å². The quantitative estimate of drug-likeness (QED) is 0.741. The lowest BCUT2D eigenvalue weighted by Crippen LogP contribution is -2.30. The van der Waals surface area contributed by atoms with Crippen molar-refractivity contribution in [3.05, 3.63) is 29.3 Å². The predicted octanol–water partition coefficient (Wildman–Crippen LogP) is 5.05. The maximum Gasteiger partial charge on any atom is 0.416 e. The van der Waals surface area contributed by atoms with Crippen molar-refractivity contribution in [2.75, 3.05) is 25.4 Å². The number of likely N-dealkylation sites (tertiary alicyclic amines) is 1. The van der Waals surface area contributed by atoms with Crippen LogP contribution in [0.3, 0.4) is 0 Å². The lowest BCUT2D eigenvalue weighted by atomic mass is 9.90. The number of rotatable bonds is 6. The first-order valence-electron chi connectivity index (χ1n) is 8.60. The maximum atomic E-state index is 12.9. The zero-order valence-electron chi connectivity index (χ0n) is 13.8. The van der Waals surface area contributed by atoms with Crippen LogP contribution in [0.15, 0.2) is 18.2 Å². The maximum absolute atomic E-state index is 12.9. The minimum atomic E-state index is -4.34. The number of nitrogen functional groups attached to an aromatic ring is 1. The Morgan fingerprint density at radius 1 is 1.13 bits per heavy atom. The van der Waals surface area contributed by atoms with Crippen molar-refractivity contribution in [1.29, 1.82) is 0 Å². The Kier molecular flexibility index (Phi) is 6.33. The molecule has 1 aromatic rings. The molecule has 2 nitrogen and oxygen atoms in total. The molecule has 5 heteroatoms. The van der Waals surface area contributed by atoms with Gasteiger partial charge in [-0.3, -0.25) is 0 Å². The molecule has 0 radical (unpaired) electrons. The second-order valence-corrected chi connectivity index (χ2v) is 6.54. The van der Waals surface area contributed by atoms with Crippen LogP contribution >= 0.6 is 0 Å². The number of hydrogen-bond donors (Lipinski definition) is 1. The summed E-state index contributed by atoms with van der Waals surface area (Å²) < 4.78 is 38.8. The van der Waals surface area contributed by atoms with E-state index in [1.54, 1.807) is 6.07 Å². The molecule has 0 spiro atoms. The Labute approximate surface area is 136 Å². The number of anilines is 1. The van der Waals surface area contributed by atoms with Gasteiger partial charge in [-0.1, -0.05) is 13.3 Å². The van der Waals surface area contributed by atoms with Gasteiger partial charge in [0, 0.05) is 5.69 Å². The van der Waals surface area contributed by atoms with Gasteiger partial charge in [0.05, 0.1) is 5.56 Å². The number of piperidine rings is 1. The topological polar surface area (TPSA) is 29.3 Å². The third-order valence-corrected chi connectivity index (χ3v) is 4.74. The van der Waals surface area contributed by atoms with Crippen LogP contribution in [-0.4, -0.2) is 24.5 Å². The Morgan fingerprint density at radius 3 is 2.43 bits per heavy atom. The molecule has 1 atom stereocenters. The predicted molar refractivity (Wildman–Crippen MR) is 88.4 cm³/mol. The van der Waals surface area contributed by atoms with Crippen molar-refractivity contribution in [2.24, 2.45) is 0 Å². The van der Waals surface area contributed by atoms with E-state index in [-0.39, 0.29) is 11.6 Å². The number of nitrogens with zero attached hydrogens (tertiary/aromatic N) is 1. The van der Waals surface area contributed by atoms with Crippen molar-refractivity contribution in [1.82, 2.24) is 4.90 Å². The molecule has 1 aliphatic heterocycles. The van der Waals surface area contributed by atoms with Crippen LogP contribution in [-0.2, 0) is 6.18 Å². The normalized spacial score (nSPS) is 18.1. The third-order valence-electron chi connectivity index (χ3n) is 4.74. The molecule has 0 aliphatic carbocycles. The number of nitrogens with two attached hydrogens (primary N) is 1. The molecule has 1 heterocycles. The van der Waals surface area contributed by atoms with E-state index in [0.717, 1.165) is 50.5 Å². The van der Waals surface area contributed by atoms with E-state index in [1.807, 2.05) is 6.92 Å². The van der Waals surface area contributed by atoms with E-state index in [4.69, 9.17) is 5.73 Å². The van der Waals surface area contributed by atoms with Crippen molar-refractivity contribution < 1.29 is 13.2 Å². The number of alkyl halides is 3. The average Bonchev–Trinajstić information content (AvgIpc) is 2.51. The Balaban J connectivity index is 1.98. The molecule has 1 saturated heterocycles. The van der Waals surface area contributed by atoms with Gasteiger partial charge in [0.1, 0.15) is 0 Å². The summed E-state index contributed by atoms with van der Waals surface area (Å²) in [6, 6.07) is 3.99. The SMILES string of the molecule is CCC(CCCN1CCCCC1)c1cc(N)cc(C(F)(F)F)c1. The second-order valence-electron chi connectivity index (χ2n) is 6.54. The lowest BCUT2D eigenvalue weighted by molar-refractivity contribution is -0.137. The molecule has 1 aliphatic rings. The summed E-state index contributed by atoms with van der Waals surface area (Å²) in [6.45, 7) is 5.40. The average molecular weight is 328 g/mol. The van der Waals surface area contributed by atoms with Crippen molar-refractivity contribution in [2.45, 2.75) is 57.5 Å². The van der Waals surface area contributed by atoms with Crippen LogP contribution in [0.2, 0.25) is 0 Å². The van der Waals surface area contributed by atoms with Gasteiger partial charge in [0.15, 0.2) is 0 Å². The summed E-state index contributed by atoms with van der Waals surface area (Å²) in [5, 5.41) is 0. The molecule has 2 N–H and O–H groups in total. The van der Waals surface area contributed by atoms with E-state index >= 15 is 0 Å². The fourth-order valence-corrected chi connectivity index (χ4v) is 3.43. The summed E-state index contributed by atoms with van der Waals surface area (Å²) in [7, 11) is 0. The monoisotopic (exact) mass is 328 g/mol. The molecule has 0 bridgehead atoms. The van der Waals surface area contributed by atoms with Gasteiger partial charge in [-0.2, -0.15) is 13.2 Å². The Bertz CT molecular complexity index is 494. The van der Waals surface area contributed by atoms with Gasteiger partial charge in [-0.15, -0.1) is 0 Å². The summed E-state index contributed by atoms with van der Waals surface area (Å²) in [5.74, 6) is 0.143. The summed E-state index contributed by atoms with van der Waals surface area (Å²) in [6.07, 6.45) is 2.28. The fourth-order valence-electron chi connectivity index (χ4n) is 3.43. The highest BCUT2D eigenvalue weighted by molar-refractivity contribution is 5.46. The van der Waals surface area contributed by atoms with E-state index < -0.39 is 11.7 Å². The van der Waals surface area contributed by atoms with E-state index in [0.29, 0.717) is 0 Å². The van der Waals surface area contributed by atoms with Crippen molar-refractivity contribution in [3.63, 3.8) is 0 Å². The first-order valence-corrected chi connectivity index (χ1v) is 8.60. The summed E-state index contributed by atoms with van der Waals surface area (Å²) in [5.41, 5.74) is 5.97. The Hall–Kier alpha value is -1.23. The number of benzene rings is 1. The number of halogens is 3. The molecular weight excluding hydrogens is 301 g/mol. The van der Waals surface area contributed by atoms with Gasteiger partial charge in [0.2, 0.25) is 0 Å². The Morgan fingerprint density at radius 2 is 1.83 bits per heavy atom. The van der Waals surface area contributed by atoms with Gasteiger partial charge in [-0.25, -0.2) is 0 Å². The van der Waals surface area contributed by atoms with Crippen LogP contribution in [0, 0.1) is 0 Å². The molecule has 0 aromatic heterocycles. The van der Waals surface area contributed by atoms with Crippen molar-refractivity contribution >= 4 is 5.69 Å². The van der Waals surface area contributed by atoms with Gasteiger partial charge in [0.25, 0.3) is 0 Å². The minimum absolute atomic E-state index is 0.143. The summed E-state index contributed by atoms with van der Waals surface area (Å²) >= 11 is 0. The van der Waals surface area contributed by atoms with Crippen LogP contribution in [0.5, 0.6) is 0 Å². The largest absolute Gasteiger partial charge is 0.416 e. The first-order chi connectivity index (χ1) is 10.9. The third kappa shape index (κ3) is 5.41. The molecule has 23 heavy (non-hydrogen) atoms. The first kappa shape index (κ1) is 18.1. The molecule has 130 valence electrons. The van der Waals surface area contributed by atoms with Gasteiger partial charge >= 0.3 is 6.18 Å². The van der Waals surface area contributed by atoms with E-state index in [1.165, 1.54) is 25.3 Å². The lowest BCUT2D eigenvalue weighted by Gasteiger charge is -2.27. The molecule has 1 fully saturated rings. The van der Waals surface area contributed by atoms with Crippen LogP contribution in [0.25, 0.3) is 0 Å².